The molecule has 0 aromatic carbocycles. The SMILES string of the molecule is CCc1c(O)n2nnnc2[nH]c1=O. The maximum absolute atomic E-state index is 11.3. The maximum Gasteiger partial charge on any atom is 0.259 e. The first-order valence-electron chi connectivity index (χ1n) is 3.76. The van der Waals surface area contributed by atoms with Crippen molar-refractivity contribution in [2.45, 2.75) is 13.3 Å². The summed E-state index contributed by atoms with van der Waals surface area (Å²) in [5.41, 5.74) is -0.0814. The van der Waals surface area contributed by atoms with Crippen LogP contribution in [-0.4, -0.2) is 30.1 Å². The van der Waals surface area contributed by atoms with E-state index in [4.69, 9.17) is 0 Å². The quantitative estimate of drug-likeness (QED) is 0.593. The van der Waals surface area contributed by atoms with Crippen molar-refractivity contribution >= 4 is 5.78 Å². The van der Waals surface area contributed by atoms with Gasteiger partial charge in [-0.05, 0) is 16.8 Å². The van der Waals surface area contributed by atoms with Crippen LogP contribution in [-0.2, 0) is 6.42 Å². The van der Waals surface area contributed by atoms with Crippen molar-refractivity contribution in [1.29, 1.82) is 0 Å². The fraction of sp³-hybridized carbons (Fsp3) is 0.333. The summed E-state index contributed by atoms with van der Waals surface area (Å²) < 4.78 is 1.08. The summed E-state index contributed by atoms with van der Waals surface area (Å²) in [5, 5.41) is 19.8. The molecule has 0 aliphatic heterocycles. The zero-order chi connectivity index (χ0) is 9.42. The van der Waals surface area contributed by atoms with Crippen LogP contribution in [0.4, 0.5) is 0 Å². The maximum atomic E-state index is 11.3. The van der Waals surface area contributed by atoms with Crippen molar-refractivity contribution in [3.63, 3.8) is 0 Å². The minimum Gasteiger partial charge on any atom is -0.493 e. The average molecular weight is 181 g/mol. The number of H-pyrrole nitrogens is 1. The number of hydrogen-bond donors (Lipinski definition) is 2. The largest absolute Gasteiger partial charge is 0.493 e. The van der Waals surface area contributed by atoms with E-state index < -0.39 is 0 Å². The van der Waals surface area contributed by atoms with Gasteiger partial charge in [-0.1, -0.05) is 12.0 Å². The second-order valence-corrected chi connectivity index (χ2v) is 2.52. The van der Waals surface area contributed by atoms with Crippen molar-refractivity contribution in [3.8, 4) is 5.88 Å². The highest BCUT2D eigenvalue weighted by atomic mass is 16.3. The zero-order valence-electron chi connectivity index (χ0n) is 6.85. The van der Waals surface area contributed by atoms with Crippen LogP contribution in [0.5, 0.6) is 5.88 Å². The molecule has 0 fully saturated rings. The fourth-order valence-electron chi connectivity index (χ4n) is 1.13. The van der Waals surface area contributed by atoms with E-state index in [1.165, 1.54) is 0 Å². The van der Waals surface area contributed by atoms with E-state index in [1.807, 2.05) is 0 Å². The summed E-state index contributed by atoms with van der Waals surface area (Å²) in [6, 6.07) is 0. The molecule has 0 bridgehead atoms. The Balaban J connectivity index is 2.93. The van der Waals surface area contributed by atoms with Crippen molar-refractivity contribution in [2.24, 2.45) is 0 Å². The molecule has 2 aromatic rings. The van der Waals surface area contributed by atoms with Gasteiger partial charge < -0.3 is 5.11 Å². The van der Waals surface area contributed by atoms with Gasteiger partial charge in [-0.15, -0.1) is 4.52 Å². The van der Waals surface area contributed by atoms with Crippen LogP contribution < -0.4 is 5.56 Å². The molecule has 7 heteroatoms. The van der Waals surface area contributed by atoms with Gasteiger partial charge in [-0.3, -0.25) is 9.78 Å². The molecule has 0 aliphatic rings. The number of aromatic nitrogens is 5. The van der Waals surface area contributed by atoms with Crippen LogP contribution >= 0.6 is 0 Å². The molecule has 0 aliphatic carbocycles. The molecule has 7 nitrogen and oxygen atoms in total. The van der Waals surface area contributed by atoms with Crippen molar-refractivity contribution in [3.05, 3.63) is 15.9 Å². The minimum absolute atomic E-state index is 0.139. The van der Waals surface area contributed by atoms with E-state index in [0.717, 1.165) is 4.52 Å². The summed E-state index contributed by atoms with van der Waals surface area (Å²) in [6.07, 6.45) is 0.428. The topological polar surface area (TPSA) is 96.2 Å². The number of aromatic amines is 1. The molecular weight excluding hydrogens is 174 g/mol. The monoisotopic (exact) mass is 181 g/mol. The van der Waals surface area contributed by atoms with E-state index in [1.54, 1.807) is 6.92 Å². The number of aromatic hydroxyl groups is 1. The van der Waals surface area contributed by atoms with E-state index >= 15 is 0 Å². The lowest BCUT2D eigenvalue weighted by Gasteiger charge is -1.99. The molecule has 0 saturated carbocycles. The van der Waals surface area contributed by atoms with E-state index in [9.17, 15) is 9.90 Å². The Morgan fingerprint density at radius 2 is 2.38 bits per heavy atom. The Bertz CT molecular complexity index is 499. The molecule has 2 heterocycles. The van der Waals surface area contributed by atoms with Crippen molar-refractivity contribution < 1.29 is 5.11 Å². The molecule has 68 valence electrons. The van der Waals surface area contributed by atoms with Crippen LogP contribution in [0.25, 0.3) is 5.78 Å². The molecule has 0 radical (unpaired) electrons. The van der Waals surface area contributed by atoms with Crippen LogP contribution in [0.15, 0.2) is 4.79 Å². The number of hydrogen-bond acceptors (Lipinski definition) is 5. The van der Waals surface area contributed by atoms with Gasteiger partial charge in [0.1, 0.15) is 0 Å². The van der Waals surface area contributed by atoms with Gasteiger partial charge in [0.05, 0.1) is 5.56 Å². The number of fused-ring (bicyclic) bond motifs is 1. The first-order valence-corrected chi connectivity index (χ1v) is 3.76. The normalized spacial score (nSPS) is 10.8. The van der Waals surface area contributed by atoms with Gasteiger partial charge in [-0.2, -0.15) is 0 Å². The third-order valence-electron chi connectivity index (χ3n) is 1.79. The summed E-state index contributed by atoms with van der Waals surface area (Å²) in [6.45, 7) is 1.76. The van der Waals surface area contributed by atoms with E-state index in [0.29, 0.717) is 6.42 Å². The predicted octanol–water partition coefficient (Wildman–Crippen LogP) is -0.919. The lowest BCUT2D eigenvalue weighted by atomic mass is 10.2. The van der Waals surface area contributed by atoms with Crippen molar-refractivity contribution in [1.82, 2.24) is 25.0 Å². The first-order chi connectivity index (χ1) is 6.24. The number of tetrazole rings is 1. The van der Waals surface area contributed by atoms with Crippen LogP contribution in [0.2, 0.25) is 0 Å². The molecule has 2 N–H and O–H groups in total. The standard InChI is InChI=1S/C6H7N5O2/c1-2-3-4(12)7-6-8-9-10-11(6)5(3)13/h13H,2H2,1H3,(H,7,8,10,12). The van der Waals surface area contributed by atoms with Gasteiger partial charge >= 0.3 is 0 Å². The summed E-state index contributed by atoms with van der Waals surface area (Å²) in [5.74, 6) is -0.0639. The molecule has 0 spiro atoms. The fourth-order valence-corrected chi connectivity index (χ4v) is 1.13. The molecule has 0 atom stereocenters. The number of nitrogens with one attached hydrogen (secondary N) is 1. The van der Waals surface area contributed by atoms with E-state index in [-0.39, 0.29) is 22.8 Å². The summed E-state index contributed by atoms with van der Waals surface area (Å²) in [4.78, 5) is 13.7. The smallest absolute Gasteiger partial charge is 0.259 e. The zero-order valence-corrected chi connectivity index (χ0v) is 6.85. The highest BCUT2D eigenvalue weighted by molar-refractivity contribution is 5.33. The molecule has 2 rings (SSSR count). The molecular formula is C6H7N5O2. The minimum atomic E-state index is -0.359. The molecule has 2 aromatic heterocycles. The van der Waals surface area contributed by atoms with Crippen LogP contribution in [0, 0.1) is 0 Å². The van der Waals surface area contributed by atoms with Crippen LogP contribution in [0.3, 0.4) is 0 Å². The third kappa shape index (κ3) is 0.968. The Labute approximate surface area is 72.0 Å². The van der Waals surface area contributed by atoms with Gasteiger partial charge in [-0.25, -0.2) is 0 Å². The Morgan fingerprint density at radius 1 is 1.62 bits per heavy atom. The van der Waals surface area contributed by atoms with Gasteiger partial charge in [0.2, 0.25) is 5.88 Å². The lowest BCUT2D eigenvalue weighted by Crippen LogP contribution is -2.15. The Hall–Kier alpha value is -1.92. The van der Waals surface area contributed by atoms with Gasteiger partial charge in [0, 0.05) is 0 Å². The second-order valence-electron chi connectivity index (χ2n) is 2.52. The summed E-state index contributed by atoms with van der Waals surface area (Å²) >= 11 is 0. The van der Waals surface area contributed by atoms with Crippen molar-refractivity contribution in [2.75, 3.05) is 0 Å². The van der Waals surface area contributed by atoms with Gasteiger partial charge in [0.15, 0.2) is 0 Å². The highest BCUT2D eigenvalue weighted by Gasteiger charge is 2.11. The molecule has 0 amide bonds. The van der Waals surface area contributed by atoms with Crippen LogP contribution in [0.1, 0.15) is 12.5 Å². The third-order valence-corrected chi connectivity index (χ3v) is 1.79. The summed E-state index contributed by atoms with van der Waals surface area (Å²) in [7, 11) is 0. The number of nitrogens with zero attached hydrogens (tertiary/aromatic N) is 4. The molecule has 0 unspecified atom stereocenters. The lowest BCUT2D eigenvalue weighted by molar-refractivity contribution is 0.424. The Morgan fingerprint density at radius 3 is 3.08 bits per heavy atom. The van der Waals surface area contributed by atoms with E-state index in [2.05, 4.69) is 20.5 Å². The highest BCUT2D eigenvalue weighted by Crippen LogP contribution is 2.10. The predicted molar refractivity (Wildman–Crippen MR) is 42.4 cm³/mol. The molecule has 13 heavy (non-hydrogen) atoms. The Kier molecular flexibility index (Phi) is 1.51. The average Bonchev–Trinajstić information content (AvgIpc) is 2.53. The number of rotatable bonds is 1. The first kappa shape index (κ1) is 7.71. The second kappa shape index (κ2) is 2.54. The molecule has 0 saturated heterocycles. The van der Waals surface area contributed by atoms with Gasteiger partial charge in [0.25, 0.3) is 11.3 Å².